The number of phenolic OH excluding ortho intramolecular Hbond substituents is 1. The number of aromatic hydroxyl groups is 1. The quantitative estimate of drug-likeness (QED) is 0.306. The number of methoxy groups -OCH3 is 1. The van der Waals surface area contributed by atoms with Crippen LogP contribution in [0.25, 0.3) is 0 Å². The van der Waals surface area contributed by atoms with Crippen molar-refractivity contribution in [2.75, 3.05) is 40.0 Å². The fraction of sp³-hybridized carbons (Fsp3) is 0.682. The highest BCUT2D eigenvalue weighted by Gasteiger charge is 2.33. The Hall–Kier alpha value is -1.95. The number of ether oxygens (including phenoxy) is 2. The highest BCUT2D eigenvalue weighted by Crippen LogP contribution is 2.41. The molecule has 0 bridgehead atoms. The molecule has 0 unspecified atom stereocenters. The second kappa shape index (κ2) is 11.8. The Morgan fingerprint density at radius 1 is 1.21 bits per heavy atom. The maximum absolute atomic E-state index is 10.1. The molecular weight excluding hydrogens is 354 g/mol. The predicted octanol–water partition coefficient (Wildman–Crippen LogP) is 3.49. The van der Waals surface area contributed by atoms with E-state index in [9.17, 15) is 5.11 Å². The Bertz CT molecular complexity index is 613. The first-order valence-electron chi connectivity index (χ1n) is 10.6. The zero-order valence-electron chi connectivity index (χ0n) is 17.7. The number of aliphatic imine (C=N–C) groups is 1. The molecule has 1 aliphatic rings. The van der Waals surface area contributed by atoms with E-state index in [0.717, 1.165) is 50.7 Å². The minimum absolute atomic E-state index is 0.268. The lowest BCUT2D eigenvalue weighted by Gasteiger charge is -2.27. The molecule has 0 aliphatic heterocycles. The Morgan fingerprint density at radius 3 is 2.64 bits per heavy atom. The lowest BCUT2D eigenvalue weighted by molar-refractivity contribution is 0.107. The van der Waals surface area contributed by atoms with Gasteiger partial charge in [0.15, 0.2) is 5.96 Å². The molecule has 1 aliphatic carbocycles. The highest BCUT2D eigenvalue weighted by atomic mass is 16.5. The Balaban J connectivity index is 1.90. The van der Waals surface area contributed by atoms with Crippen molar-refractivity contribution in [2.45, 2.75) is 52.4 Å². The first-order chi connectivity index (χ1) is 13.6. The van der Waals surface area contributed by atoms with Crippen LogP contribution in [0.3, 0.4) is 0 Å². The van der Waals surface area contributed by atoms with E-state index in [4.69, 9.17) is 14.5 Å². The number of benzene rings is 1. The van der Waals surface area contributed by atoms with E-state index in [1.807, 2.05) is 19.1 Å². The molecule has 0 radical (unpaired) electrons. The van der Waals surface area contributed by atoms with Crippen LogP contribution in [-0.4, -0.2) is 51.0 Å². The molecule has 2 rings (SSSR count). The highest BCUT2D eigenvalue weighted by molar-refractivity contribution is 5.79. The minimum atomic E-state index is 0.268. The van der Waals surface area contributed by atoms with Crippen LogP contribution in [0.15, 0.2) is 23.2 Å². The summed E-state index contributed by atoms with van der Waals surface area (Å²) in [6.45, 7) is 8.10. The van der Waals surface area contributed by atoms with Crippen LogP contribution in [0.5, 0.6) is 11.5 Å². The number of nitrogens with zero attached hydrogens (tertiary/aromatic N) is 1. The van der Waals surface area contributed by atoms with Crippen LogP contribution < -0.4 is 15.4 Å². The molecule has 28 heavy (non-hydrogen) atoms. The smallest absolute Gasteiger partial charge is 0.191 e. The molecule has 0 heterocycles. The van der Waals surface area contributed by atoms with Gasteiger partial charge in [0.05, 0.1) is 7.11 Å². The summed E-state index contributed by atoms with van der Waals surface area (Å²) in [5.74, 6) is 1.78. The summed E-state index contributed by atoms with van der Waals surface area (Å²) in [5, 5.41) is 16.8. The average molecular weight is 392 g/mol. The van der Waals surface area contributed by atoms with Gasteiger partial charge in [-0.05, 0) is 56.6 Å². The van der Waals surface area contributed by atoms with Gasteiger partial charge in [-0.15, -0.1) is 0 Å². The third-order valence-corrected chi connectivity index (χ3v) is 5.54. The van der Waals surface area contributed by atoms with E-state index in [1.165, 1.54) is 25.7 Å². The Labute approximate surface area is 169 Å². The molecule has 1 fully saturated rings. The molecule has 0 spiro atoms. The molecule has 3 N–H and O–H groups in total. The second-order valence-corrected chi connectivity index (χ2v) is 7.52. The molecule has 1 aromatic carbocycles. The van der Waals surface area contributed by atoms with Gasteiger partial charge < -0.3 is 25.2 Å². The van der Waals surface area contributed by atoms with E-state index >= 15 is 0 Å². The van der Waals surface area contributed by atoms with E-state index in [-0.39, 0.29) is 11.2 Å². The van der Waals surface area contributed by atoms with Gasteiger partial charge >= 0.3 is 0 Å². The zero-order chi connectivity index (χ0) is 20.2. The monoisotopic (exact) mass is 391 g/mol. The Morgan fingerprint density at radius 2 is 2.00 bits per heavy atom. The van der Waals surface area contributed by atoms with Crippen molar-refractivity contribution in [1.82, 2.24) is 10.6 Å². The number of hydrogen-bond acceptors (Lipinski definition) is 4. The van der Waals surface area contributed by atoms with Gasteiger partial charge in [0.25, 0.3) is 0 Å². The van der Waals surface area contributed by atoms with Crippen LogP contribution in [0.4, 0.5) is 0 Å². The number of phenols is 1. The third-order valence-electron chi connectivity index (χ3n) is 5.54. The lowest BCUT2D eigenvalue weighted by Crippen LogP contribution is -2.39. The van der Waals surface area contributed by atoms with Crippen molar-refractivity contribution in [1.29, 1.82) is 0 Å². The van der Waals surface area contributed by atoms with Gasteiger partial charge in [-0.1, -0.05) is 18.9 Å². The van der Waals surface area contributed by atoms with E-state index < -0.39 is 0 Å². The number of hydrogen-bond donors (Lipinski definition) is 3. The van der Waals surface area contributed by atoms with Crippen molar-refractivity contribution in [3.8, 4) is 11.5 Å². The summed E-state index contributed by atoms with van der Waals surface area (Å²) >= 11 is 0. The molecule has 158 valence electrons. The largest absolute Gasteiger partial charge is 0.508 e. The van der Waals surface area contributed by atoms with Gasteiger partial charge in [0.1, 0.15) is 11.5 Å². The van der Waals surface area contributed by atoms with Crippen molar-refractivity contribution < 1.29 is 14.6 Å². The van der Waals surface area contributed by atoms with Gasteiger partial charge in [-0.25, -0.2) is 0 Å². The summed E-state index contributed by atoms with van der Waals surface area (Å²) in [6, 6.07) is 5.43. The van der Waals surface area contributed by atoms with Crippen molar-refractivity contribution in [2.24, 2.45) is 10.4 Å². The number of rotatable bonds is 11. The molecule has 0 atom stereocenters. The maximum Gasteiger partial charge on any atom is 0.191 e. The summed E-state index contributed by atoms with van der Waals surface area (Å²) in [6.07, 6.45) is 6.87. The van der Waals surface area contributed by atoms with Crippen molar-refractivity contribution in [3.63, 3.8) is 0 Å². The lowest BCUT2D eigenvalue weighted by atomic mass is 9.83. The molecule has 0 aromatic heterocycles. The van der Waals surface area contributed by atoms with Crippen LogP contribution >= 0.6 is 0 Å². The standard InChI is InChI=1S/C22H37N3O3/c1-4-23-21(24-14-10-18-8-9-19(27-3)16-20(18)26)25-17-22(11-6-7-12-22)13-15-28-5-2/h8-9,16,26H,4-7,10-15,17H2,1-3H3,(H2,23,24,25). The van der Waals surface area contributed by atoms with Gasteiger partial charge in [0, 0.05) is 38.9 Å². The Kier molecular flexibility index (Phi) is 9.41. The molecule has 6 heteroatoms. The predicted molar refractivity (Wildman–Crippen MR) is 114 cm³/mol. The normalized spacial score (nSPS) is 16.2. The van der Waals surface area contributed by atoms with Crippen LogP contribution in [0.1, 0.15) is 51.5 Å². The molecule has 6 nitrogen and oxygen atoms in total. The molecule has 1 aromatic rings. The van der Waals surface area contributed by atoms with Gasteiger partial charge in [0.2, 0.25) is 0 Å². The third kappa shape index (κ3) is 6.89. The maximum atomic E-state index is 10.1. The zero-order valence-corrected chi connectivity index (χ0v) is 17.7. The number of nitrogens with one attached hydrogen (secondary N) is 2. The second-order valence-electron chi connectivity index (χ2n) is 7.52. The van der Waals surface area contributed by atoms with Gasteiger partial charge in [-0.3, -0.25) is 4.99 Å². The fourth-order valence-electron chi connectivity index (χ4n) is 3.83. The average Bonchev–Trinajstić information content (AvgIpc) is 3.16. The number of guanidine groups is 1. The van der Waals surface area contributed by atoms with Gasteiger partial charge in [-0.2, -0.15) is 0 Å². The fourth-order valence-corrected chi connectivity index (χ4v) is 3.83. The summed E-state index contributed by atoms with van der Waals surface area (Å²) in [5.41, 5.74) is 1.18. The van der Waals surface area contributed by atoms with Crippen molar-refractivity contribution in [3.05, 3.63) is 23.8 Å². The van der Waals surface area contributed by atoms with Crippen LogP contribution in [0, 0.1) is 5.41 Å². The first kappa shape index (κ1) is 22.3. The minimum Gasteiger partial charge on any atom is -0.508 e. The summed E-state index contributed by atoms with van der Waals surface area (Å²) in [7, 11) is 1.60. The molecule has 0 saturated heterocycles. The topological polar surface area (TPSA) is 75.1 Å². The molecular formula is C22H37N3O3. The summed E-state index contributed by atoms with van der Waals surface area (Å²) in [4.78, 5) is 4.88. The van der Waals surface area contributed by atoms with Crippen molar-refractivity contribution >= 4 is 5.96 Å². The molecule has 0 amide bonds. The first-order valence-corrected chi connectivity index (χ1v) is 10.6. The van der Waals surface area contributed by atoms with E-state index in [2.05, 4.69) is 17.6 Å². The molecule has 1 saturated carbocycles. The van der Waals surface area contributed by atoms with Crippen LogP contribution in [0.2, 0.25) is 0 Å². The van der Waals surface area contributed by atoms with E-state index in [1.54, 1.807) is 13.2 Å². The van der Waals surface area contributed by atoms with Crippen LogP contribution in [-0.2, 0) is 11.2 Å². The van der Waals surface area contributed by atoms with E-state index in [0.29, 0.717) is 12.3 Å². The SMILES string of the molecule is CCNC(=NCC1(CCOCC)CCCC1)NCCc1ccc(OC)cc1O. The summed E-state index contributed by atoms with van der Waals surface area (Å²) < 4.78 is 10.7.